The molecular formula is C27H36N2O3. The van der Waals surface area contributed by atoms with Crippen molar-refractivity contribution in [3.05, 3.63) is 59.8 Å². The van der Waals surface area contributed by atoms with Crippen LogP contribution >= 0.6 is 0 Å². The molecule has 1 aromatic heterocycles. The van der Waals surface area contributed by atoms with Crippen LogP contribution in [0, 0.1) is 0 Å². The van der Waals surface area contributed by atoms with Crippen LogP contribution < -0.4 is 14.8 Å². The molecule has 0 unspecified atom stereocenters. The topological polar surface area (TPSA) is 55.7 Å². The van der Waals surface area contributed by atoms with Crippen LogP contribution in [0.5, 0.6) is 11.5 Å². The van der Waals surface area contributed by atoms with Crippen molar-refractivity contribution in [1.29, 1.82) is 0 Å². The standard InChI is InChI=1S/C27H36N2O3/c1-3-21-6-10-26(27(19-21)32-24-7-8-24)31-16-12-28-20(2)17-22-5-9-25-23(18-22)11-14-29(25)13-4-15-30/h5-6,9-11,14,18-20,24,28,30H,3-4,7-8,12-13,15-17H2,1-2H3/t20-/m1/s1. The summed E-state index contributed by atoms with van der Waals surface area (Å²) in [6.45, 7) is 6.86. The molecule has 1 saturated carbocycles. The van der Waals surface area contributed by atoms with Crippen molar-refractivity contribution in [3.63, 3.8) is 0 Å². The Balaban J connectivity index is 1.25. The molecule has 1 aliphatic carbocycles. The number of nitrogens with one attached hydrogen (secondary N) is 1. The minimum Gasteiger partial charge on any atom is -0.488 e. The lowest BCUT2D eigenvalue weighted by atomic mass is 10.1. The van der Waals surface area contributed by atoms with Gasteiger partial charge in [0.25, 0.3) is 0 Å². The summed E-state index contributed by atoms with van der Waals surface area (Å²) >= 11 is 0. The molecule has 0 bridgehead atoms. The molecule has 0 radical (unpaired) electrons. The average molecular weight is 437 g/mol. The van der Waals surface area contributed by atoms with Gasteiger partial charge in [0.2, 0.25) is 0 Å². The van der Waals surface area contributed by atoms with Gasteiger partial charge >= 0.3 is 0 Å². The Morgan fingerprint density at radius 3 is 2.72 bits per heavy atom. The Kier molecular flexibility index (Phi) is 7.72. The number of aliphatic hydroxyl groups is 1. The zero-order chi connectivity index (χ0) is 22.3. The minimum absolute atomic E-state index is 0.226. The molecule has 1 heterocycles. The number of nitrogens with zero attached hydrogens (tertiary/aromatic N) is 1. The molecule has 0 aliphatic heterocycles. The largest absolute Gasteiger partial charge is 0.488 e. The quantitative estimate of drug-likeness (QED) is 0.381. The first-order valence-corrected chi connectivity index (χ1v) is 12.0. The van der Waals surface area contributed by atoms with Crippen molar-refractivity contribution < 1.29 is 14.6 Å². The molecule has 1 aliphatic rings. The summed E-state index contributed by atoms with van der Waals surface area (Å²) in [7, 11) is 0. The van der Waals surface area contributed by atoms with Gasteiger partial charge in [-0.3, -0.25) is 0 Å². The van der Waals surface area contributed by atoms with Crippen LogP contribution in [0.2, 0.25) is 0 Å². The van der Waals surface area contributed by atoms with Crippen molar-refractivity contribution in [2.75, 3.05) is 19.8 Å². The number of ether oxygens (including phenoxy) is 2. The van der Waals surface area contributed by atoms with Gasteiger partial charge in [0, 0.05) is 37.5 Å². The third-order valence-corrected chi connectivity index (χ3v) is 6.02. The smallest absolute Gasteiger partial charge is 0.161 e. The van der Waals surface area contributed by atoms with Crippen LogP contribution in [0.4, 0.5) is 0 Å². The monoisotopic (exact) mass is 436 g/mol. The van der Waals surface area contributed by atoms with E-state index in [4.69, 9.17) is 14.6 Å². The summed E-state index contributed by atoms with van der Waals surface area (Å²) in [5.74, 6) is 1.74. The van der Waals surface area contributed by atoms with Crippen LogP contribution in [0.15, 0.2) is 48.7 Å². The van der Waals surface area contributed by atoms with E-state index in [1.54, 1.807) is 0 Å². The third-order valence-electron chi connectivity index (χ3n) is 6.02. The van der Waals surface area contributed by atoms with E-state index in [1.165, 1.54) is 22.0 Å². The Labute approximate surface area is 191 Å². The average Bonchev–Trinajstić information content (AvgIpc) is 3.53. The van der Waals surface area contributed by atoms with Gasteiger partial charge < -0.3 is 24.5 Å². The van der Waals surface area contributed by atoms with Gasteiger partial charge in [0.05, 0.1) is 6.10 Å². The van der Waals surface area contributed by atoms with Crippen molar-refractivity contribution in [2.45, 2.75) is 64.6 Å². The van der Waals surface area contributed by atoms with Gasteiger partial charge in [-0.1, -0.05) is 19.1 Å². The normalized spacial score (nSPS) is 14.6. The van der Waals surface area contributed by atoms with Gasteiger partial charge in [-0.2, -0.15) is 0 Å². The second-order valence-corrected chi connectivity index (χ2v) is 8.84. The van der Waals surface area contributed by atoms with E-state index in [9.17, 15) is 0 Å². The number of rotatable bonds is 13. The van der Waals surface area contributed by atoms with Gasteiger partial charge in [0.1, 0.15) is 6.61 Å². The Bertz CT molecular complexity index is 1010. The summed E-state index contributed by atoms with van der Waals surface area (Å²) in [4.78, 5) is 0. The van der Waals surface area contributed by atoms with E-state index in [-0.39, 0.29) is 6.61 Å². The van der Waals surface area contributed by atoms with Crippen molar-refractivity contribution in [1.82, 2.24) is 9.88 Å². The zero-order valence-electron chi connectivity index (χ0n) is 19.3. The van der Waals surface area contributed by atoms with Crippen LogP contribution in [-0.4, -0.2) is 41.6 Å². The number of benzene rings is 2. The second-order valence-electron chi connectivity index (χ2n) is 8.84. The summed E-state index contributed by atoms with van der Waals surface area (Å²) in [5, 5.41) is 13.9. The van der Waals surface area contributed by atoms with E-state index < -0.39 is 0 Å². The summed E-state index contributed by atoms with van der Waals surface area (Å²) in [5.41, 5.74) is 3.84. The zero-order valence-corrected chi connectivity index (χ0v) is 19.3. The molecule has 1 fully saturated rings. The first-order valence-electron chi connectivity index (χ1n) is 12.0. The highest BCUT2D eigenvalue weighted by Crippen LogP contribution is 2.34. The number of hydrogen-bond donors (Lipinski definition) is 2. The van der Waals surface area contributed by atoms with Crippen molar-refractivity contribution >= 4 is 10.9 Å². The van der Waals surface area contributed by atoms with E-state index in [0.717, 1.165) is 56.7 Å². The van der Waals surface area contributed by atoms with Crippen LogP contribution in [0.1, 0.15) is 44.2 Å². The highest BCUT2D eigenvalue weighted by Gasteiger charge is 2.25. The maximum atomic E-state index is 9.07. The Hall–Kier alpha value is -2.50. The first kappa shape index (κ1) is 22.7. The van der Waals surface area contributed by atoms with Crippen molar-refractivity contribution in [2.24, 2.45) is 0 Å². The Morgan fingerprint density at radius 2 is 1.94 bits per heavy atom. The SMILES string of the molecule is CCc1ccc(OCCN[C@H](C)Cc2ccc3c(ccn3CCCO)c2)c(OC2CC2)c1. The molecule has 2 aromatic carbocycles. The molecule has 172 valence electrons. The Morgan fingerprint density at radius 1 is 1.09 bits per heavy atom. The minimum atomic E-state index is 0.226. The molecule has 32 heavy (non-hydrogen) atoms. The van der Waals surface area contributed by atoms with Crippen LogP contribution in [0.25, 0.3) is 10.9 Å². The third kappa shape index (κ3) is 6.05. The molecule has 0 spiro atoms. The molecular weight excluding hydrogens is 400 g/mol. The number of aliphatic hydroxyl groups excluding tert-OH is 1. The molecule has 5 heteroatoms. The summed E-state index contributed by atoms with van der Waals surface area (Å²) in [6.07, 6.45) is 7.52. The van der Waals surface area contributed by atoms with Crippen LogP contribution in [0.3, 0.4) is 0 Å². The molecule has 2 N–H and O–H groups in total. The fraction of sp³-hybridized carbons (Fsp3) is 0.481. The van der Waals surface area contributed by atoms with E-state index in [0.29, 0.717) is 18.8 Å². The van der Waals surface area contributed by atoms with Gasteiger partial charge in [-0.15, -0.1) is 0 Å². The number of fused-ring (bicyclic) bond motifs is 1. The van der Waals surface area contributed by atoms with E-state index in [2.05, 4.69) is 66.3 Å². The molecule has 0 amide bonds. The number of hydrogen-bond acceptors (Lipinski definition) is 4. The van der Waals surface area contributed by atoms with E-state index >= 15 is 0 Å². The molecule has 4 rings (SSSR count). The second kappa shape index (κ2) is 10.9. The maximum absolute atomic E-state index is 9.07. The highest BCUT2D eigenvalue weighted by molar-refractivity contribution is 5.80. The molecule has 0 saturated heterocycles. The fourth-order valence-corrected chi connectivity index (χ4v) is 4.05. The van der Waals surface area contributed by atoms with E-state index in [1.807, 2.05) is 6.07 Å². The number of aryl methyl sites for hydroxylation is 2. The summed E-state index contributed by atoms with van der Waals surface area (Å²) < 4.78 is 14.3. The van der Waals surface area contributed by atoms with Gasteiger partial charge in [-0.05, 0) is 85.9 Å². The molecule has 3 aromatic rings. The van der Waals surface area contributed by atoms with Gasteiger partial charge in [0.15, 0.2) is 11.5 Å². The first-order chi connectivity index (χ1) is 15.7. The maximum Gasteiger partial charge on any atom is 0.161 e. The van der Waals surface area contributed by atoms with Crippen molar-refractivity contribution in [3.8, 4) is 11.5 Å². The highest BCUT2D eigenvalue weighted by atomic mass is 16.5. The molecule has 5 nitrogen and oxygen atoms in total. The molecule has 1 atom stereocenters. The summed E-state index contributed by atoms with van der Waals surface area (Å²) in [6, 6.07) is 15.5. The lowest BCUT2D eigenvalue weighted by molar-refractivity contribution is 0.257. The fourth-order valence-electron chi connectivity index (χ4n) is 4.05. The van der Waals surface area contributed by atoms with Crippen LogP contribution in [-0.2, 0) is 19.4 Å². The van der Waals surface area contributed by atoms with Gasteiger partial charge in [-0.25, -0.2) is 0 Å². The predicted octanol–water partition coefficient (Wildman–Crippen LogP) is 4.73. The lowest BCUT2D eigenvalue weighted by Crippen LogP contribution is -2.31. The lowest BCUT2D eigenvalue weighted by Gasteiger charge is -2.16. The number of aromatic nitrogens is 1. The predicted molar refractivity (Wildman–Crippen MR) is 130 cm³/mol.